The molecule has 0 spiro atoms. The van der Waals surface area contributed by atoms with Gasteiger partial charge in [0.2, 0.25) is 0 Å². The third-order valence-electron chi connectivity index (χ3n) is 4.87. The number of hydrogen-bond acceptors (Lipinski definition) is 2. The highest BCUT2D eigenvalue weighted by atomic mass is 16.2. The van der Waals surface area contributed by atoms with Crippen molar-refractivity contribution in [2.24, 2.45) is 0 Å². The summed E-state index contributed by atoms with van der Waals surface area (Å²) in [6, 6.07) is 13.4. The van der Waals surface area contributed by atoms with Gasteiger partial charge in [0.1, 0.15) is 0 Å². The molecule has 2 rings (SSSR count). The van der Waals surface area contributed by atoms with Crippen LogP contribution in [0.15, 0.2) is 42.5 Å². The molecule has 2 amide bonds. The van der Waals surface area contributed by atoms with Gasteiger partial charge in [-0.3, -0.25) is 9.59 Å². The van der Waals surface area contributed by atoms with Crippen molar-refractivity contribution in [1.29, 1.82) is 0 Å². The fraction of sp³-hybridized carbons (Fsp3) is 0.364. The standard InChI is InChI=1S/C22H29N3O2/c1-6-18-9-11-19(12-10-18)23-22(27)17(4)25(5)14-21(26)24-20-13-15(2)7-8-16(20)3/h7-13,17H,6,14H2,1-5H3,(H,23,27)(H,24,26)/p+1/t17-/m0/s1. The number of rotatable bonds is 7. The van der Waals surface area contributed by atoms with Crippen LogP contribution in [0.25, 0.3) is 0 Å². The van der Waals surface area contributed by atoms with Crippen LogP contribution < -0.4 is 15.5 Å². The molecule has 0 radical (unpaired) electrons. The van der Waals surface area contributed by atoms with Crippen molar-refractivity contribution in [3.63, 3.8) is 0 Å². The summed E-state index contributed by atoms with van der Waals surface area (Å²) in [7, 11) is 1.85. The second-order valence-electron chi connectivity index (χ2n) is 7.15. The number of carbonyl (C=O) groups is 2. The Morgan fingerprint density at radius 3 is 2.33 bits per heavy atom. The van der Waals surface area contributed by atoms with Crippen molar-refractivity contribution in [3.8, 4) is 0 Å². The number of carbonyl (C=O) groups excluding carboxylic acids is 2. The zero-order chi connectivity index (χ0) is 20.0. The van der Waals surface area contributed by atoms with Crippen LogP contribution in [0.3, 0.4) is 0 Å². The topological polar surface area (TPSA) is 62.6 Å². The van der Waals surface area contributed by atoms with Crippen LogP contribution in [0, 0.1) is 13.8 Å². The quantitative estimate of drug-likeness (QED) is 0.702. The highest BCUT2D eigenvalue weighted by Gasteiger charge is 2.24. The smallest absolute Gasteiger partial charge is 0.282 e. The number of likely N-dealkylation sites (N-methyl/N-ethyl adjacent to an activating group) is 1. The van der Waals surface area contributed by atoms with Crippen molar-refractivity contribution >= 4 is 23.2 Å². The van der Waals surface area contributed by atoms with Crippen molar-refractivity contribution in [1.82, 2.24) is 0 Å². The van der Waals surface area contributed by atoms with Crippen LogP contribution in [-0.2, 0) is 16.0 Å². The Kier molecular flexibility index (Phi) is 7.13. The molecule has 0 aromatic heterocycles. The number of quaternary nitrogens is 1. The van der Waals surface area contributed by atoms with Gasteiger partial charge in [0.25, 0.3) is 11.8 Å². The molecule has 0 saturated heterocycles. The SMILES string of the molecule is CCc1ccc(NC(=O)[C@H](C)[NH+](C)CC(=O)Nc2cc(C)ccc2C)cc1. The minimum absolute atomic E-state index is 0.101. The average molecular weight is 369 g/mol. The molecule has 2 aromatic carbocycles. The van der Waals surface area contributed by atoms with Gasteiger partial charge in [-0.2, -0.15) is 0 Å². The summed E-state index contributed by atoms with van der Waals surface area (Å²) in [5.41, 5.74) is 4.94. The maximum Gasteiger partial charge on any atom is 0.282 e. The first-order valence-corrected chi connectivity index (χ1v) is 9.39. The van der Waals surface area contributed by atoms with E-state index in [0.29, 0.717) is 0 Å². The molecule has 27 heavy (non-hydrogen) atoms. The molecule has 0 saturated carbocycles. The lowest BCUT2D eigenvalue weighted by molar-refractivity contribution is -0.885. The fourth-order valence-electron chi connectivity index (χ4n) is 2.77. The molecule has 2 aromatic rings. The van der Waals surface area contributed by atoms with Crippen LogP contribution in [0.2, 0.25) is 0 Å². The summed E-state index contributed by atoms with van der Waals surface area (Å²) < 4.78 is 0. The van der Waals surface area contributed by atoms with Gasteiger partial charge in [-0.15, -0.1) is 0 Å². The minimum atomic E-state index is -0.347. The van der Waals surface area contributed by atoms with E-state index in [2.05, 4.69) is 17.6 Å². The zero-order valence-corrected chi connectivity index (χ0v) is 16.8. The predicted octanol–water partition coefficient (Wildman–Crippen LogP) is 2.35. The lowest BCUT2D eigenvalue weighted by Gasteiger charge is -2.21. The Morgan fingerprint density at radius 1 is 1.04 bits per heavy atom. The second-order valence-corrected chi connectivity index (χ2v) is 7.15. The number of aryl methyl sites for hydroxylation is 3. The highest BCUT2D eigenvalue weighted by Crippen LogP contribution is 2.16. The molecule has 0 aliphatic carbocycles. The molecule has 0 fully saturated rings. The summed E-state index contributed by atoms with van der Waals surface area (Å²) in [5.74, 6) is -0.204. The predicted molar refractivity (Wildman–Crippen MR) is 110 cm³/mol. The number of nitrogens with one attached hydrogen (secondary N) is 3. The molecule has 5 heteroatoms. The molecule has 0 aliphatic heterocycles. The first-order valence-electron chi connectivity index (χ1n) is 9.39. The molecule has 0 aliphatic rings. The highest BCUT2D eigenvalue weighted by molar-refractivity contribution is 5.94. The molecule has 0 heterocycles. The first kappa shape index (κ1) is 20.6. The van der Waals surface area contributed by atoms with E-state index in [-0.39, 0.29) is 24.4 Å². The van der Waals surface area contributed by atoms with Crippen molar-refractivity contribution in [2.45, 2.75) is 40.2 Å². The van der Waals surface area contributed by atoms with Crippen LogP contribution in [0.1, 0.15) is 30.5 Å². The molecule has 2 atom stereocenters. The van der Waals surface area contributed by atoms with Crippen LogP contribution in [0.5, 0.6) is 0 Å². The molecule has 5 nitrogen and oxygen atoms in total. The van der Waals surface area contributed by atoms with E-state index in [1.54, 1.807) is 0 Å². The maximum atomic E-state index is 12.5. The lowest BCUT2D eigenvalue weighted by atomic mass is 10.1. The third kappa shape index (κ3) is 5.93. The summed E-state index contributed by atoms with van der Waals surface area (Å²) >= 11 is 0. The third-order valence-corrected chi connectivity index (χ3v) is 4.87. The van der Waals surface area contributed by atoms with Crippen LogP contribution >= 0.6 is 0 Å². The van der Waals surface area contributed by atoms with E-state index in [4.69, 9.17) is 0 Å². The van der Waals surface area contributed by atoms with E-state index in [9.17, 15) is 9.59 Å². The average Bonchev–Trinajstić information content (AvgIpc) is 2.64. The maximum absolute atomic E-state index is 12.5. The van der Waals surface area contributed by atoms with Gasteiger partial charge < -0.3 is 15.5 Å². The Hall–Kier alpha value is -2.66. The Morgan fingerprint density at radius 2 is 1.70 bits per heavy atom. The van der Waals surface area contributed by atoms with Crippen molar-refractivity contribution < 1.29 is 14.5 Å². The molecular weight excluding hydrogens is 338 g/mol. The number of hydrogen-bond donors (Lipinski definition) is 3. The van der Waals surface area contributed by atoms with Crippen LogP contribution in [-0.4, -0.2) is 31.4 Å². The van der Waals surface area contributed by atoms with E-state index in [0.717, 1.165) is 33.8 Å². The molecule has 144 valence electrons. The summed E-state index contributed by atoms with van der Waals surface area (Å²) in [6.45, 7) is 8.10. The summed E-state index contributed by atoms with van der Waals surface area (Å²) in [4.78, 5) is 25.7. The van der Waals surface area contributed by atoms with Gasteiger partial charge >= 0.3 is 0 Å². The van der Waals surface area contributed by atoms with Gasteiger partial charge in [-0.25, -0.2) is 0 Å². The lowest BCUT2D eigenvalue weighted by Crippen LogP contribution is -3.14. The Balaban J connectivity index is 1.91. The molecule has 1 unspecified atom stereocenters. The van der Waals surface area contributed by atoms with Crippen molar-refractivity contribution in [2.75, 3.05) is 24.2 Å². The van der Waals surface area contributed by atoms with Crippen molar-refractivity contribution in [3.05, 3.63) is 59.2 Å². The van der Waals surface area contributed by atoms with Gasteiger partial charge in [0.05, 0.1) is 7.05 Å². The van der Waals surface area contributed by atoms with Gasteiger partial charge in [0.15, 0.2) is 12.6 Å². The normalized spacial score (nSPS) is 12.9. The van der Waals surface area contributed by atoms with E-state index < -0.39 is 0 Å². The summed E-state index contributed by atoms with van der Waals surface area (Å²) in [6.07, 6.45) is 0.965. The number of anilines is 2. The Bertz CT molecular complexity index is 800. The van der Waals surface area contributed by atoms with E-state index in [1.807, 2.05) is 70.3 Å². The largest absolute Gasteiger partial charge is 0.321 e. The first-order chi connectivity index (χ1) is 12.8. The molecular formula is C22H30N3O2+. The van der Waals surface area contributed by atoms with E-state index >= 15 is 0 Å². The molecule has 3 N–H and O–H groups in total. The second kappa shape index (κ2) is 9.33. The van der Waals surface area contributed by atoms with Gasteiger partial charge in [-0.05, 0) is 62.1 Å². The monoisotopic (exact) mass is 368 g/mol. The number of benzene rings is 2. The van der Waals surface area contributed by atoms with Crippen LogP contribution in [0.4, 0.5) is 11.4 Å². The van der Waals surface area contributed by atoms with E-state index in [1.165, 1.54) is 5.56 Å². The number of amides is 2. The van der Waals surface area contributed by atoms with Gasteiger partial charge in [-0.1, -0.05) is 31.2 Å². The Labute approximate surface area is 161 Å². The summed E-state index contributed by atoms with van der Waals surface area (Å²) in [5, 5.41) is 5.87. The fourth-order valence-corrected chi connectivity index (χ4v) is 2.77. The minimum Gasteiger partial charge on any atom is -0.321 e. The zero-order valence-electron chi connectivity index (χ0n) is 16.8. The van der Waals surface area contributed by atoms with Gasteiger partial charge in [0, 0.05) is 11.4 Å². The molecule has 0 bridgehead atoms.